The van der Waals surface area contributed by atoms with Gasteiger partial charge in [-0.15, -0.1) is 0 Å². The number of hydrogen-bond acceptors (Lipinski definition) is 2. The minimum Gasteiger partial charge on any atom is -0.395 e. The zero-order valence-corrected chi connectivity index (χ0v) is 8.18. The summed E-state index contributed by atoms with van der Waals surface area (Å²) in [5, 5.41) is 9.85. The van der Waals surface area contributed by atoms with E-state index in [2.05, 4.69) is 0 Å². The Balaban J connectivity index is 2.69. The van der Waals surface area contributed by atoms with Gasteiger partial charge in [0.25, 0.3) is 5.91 Å². The quantitative estimate of drug-likeness (QED) is 0.774. The molecule has 0 aliphatic rings. The van der Waals surface area contributed by atoms with Crippen molar-refractivity contribution in [3.63, 3.8) is 0 Å². The number of rotatable bonds is 3. The van der Waals surface area contributed by atoms with Gasteiger partial charge in [-0.3, -0.25) is 4.79 Å². The van der Waals surface area contributed by atoms with Gasteiger partial charge >= 0.3 is 0 Å². The van der Waals surface area contributed by atoms with Gasteiger partial charge in [-0.2, -0.15) is 0 Å². The molecule has 4 nitrogen and oxygen atoms in total. The average molecular weight is 204 g/mol. The molecule has 2 aromatic rings. The molecule has 0 spiro atoms. The fourth-order valence-corrected chi connectivity index (χ4v) is 1.75. The van der Waals surface area contributed by atoms with Gasteiger partial charge in [-0.25, -0.2) is 0 Å². The molecule has 78 valence electrons. The minimum absolute atomic E-state index is 0.0386. The zero-order valence-electron chi connectivity index (χ0n) is 8.18. The highest BCUT2D eigenvalue weighted by molar-refractivity contribution is 6.05. The van der Waals surface area contributed by atoms with Gasteiger partial charge in [0, 0.05) is 18.1 Å². The number of aliphatic hydroxyl groups is 1. The molecule has 1 heterocycles. The molecule has 0 saturated carbocycles. The number of amides is 1. The van der Waals surface area contributed by atoms with Crippen molar-refractivity contribution in [1.29, 1.82) is 0 Å². The largest absolute Gasteiger partial charge is 0.395 e. The fourth-order valence-electron chi connectivity index (χ4n) is 1.75. The lowest BCUT2D eigenvalue weighted by molar-refractivity contribution is 0.100. The van der Waals surface area contributed by atoms with E-state index in [4.69, 9.17) is 10.8 Å². The van der Waals surface area contributed by atoms with Gasteiger partial charge in [0.1, 0.15) is 0 Å². The standard InChI is InChI=1S/C11H12N2O2/c12-11(15)9-3-1-2-8-4-5-13(6-7-14)10(8)9/h1-5,14H,6-7H2,(H2,12,15). The van der Waals surface area contributed by atoms with Crippen LogP contribution < -0.4 is 5.73 Å². The van der Waals surface area contributed by atoms with Crippen LogP contribution in [0.3, 0.4) is 0 Å². The number of benzene rings is 1. The third-order valence-corrected chi connectivity index (χ3v) is 2.39. The second kappa shape index (κ2) is 3.74. The lowest BCUT2D eigenvalue weighted by Gasteiger charge is -2.05. The molecule has 15 heavy (non-hydrogen) atoms. The lowest BCUT2D eigenvalue weighted by atomic mass is 10.1. The molecule has 0 atom stereocenters. The Hall–Kier alpha value is -1.81. The molecule has 0 unspecified atom stereocenters. The van der Waals surface area contributed by atoms with Crippen molar-refractivity contribution in [1.82, 2.24) is 4.57 Å². The van der Waals surface area contributed by atoms with Crippen LogP contribution in [0.4, 0.5) is 0 Å². The highest BCUT2D eigenvalue weighted by atomic mass is 16.3. The number of nitrogens with zero attached hydrogens (tertiary/aromatic N) is 1. The maximum absolute atomic E-state index is 11.2. The molecule has 2 rings (SSSR count). The monoisotopic (exact) mass is 204 g/mol. The minimum atomic E-state index is -0.446. The Kier molecular flexibility index (Phi) is 2.43. The Labute approximate surface area is 86.9 Å². The van der Waals surface area contributed by atoms with E-state index in [0.29, 0.717) is 12.1 Å². The SMILES string of the molecule is NC(=O)c1cccc2ccn(CCO)c12. The molecule has 0 radical (unpaired) electrons. The van der Waals surface area contributed by atoms with Gasteiger partial charge < -0.3 is 15.4 Å². The van der Waals surface area contributed by atoms with E-state index in [1.165, 1.54) is 0 Å². The molecule has 4 heteroatoms. The van der Waals surface area contributed by atoms with Crippen LogP contribution in [0.1, 0.15) is 10.4 Å². The molecule has 0 bridgehead atoms. The second-order valence-electron chi connectivity index (χ2n) is 3.34. The summed E-state index contributed by atoms with van der Waals surface area (Å²) in [7, 11) is 0. The van der Waals surface area contributed by atoms with E-state index < -0.39 is 5.91 Å². The molecule has 0 fully saturated rings. The first-order valence-electron chi connectivity index (χ1n) is 4.72. The summed E-state index contributed by atoms with van der Waals surface area (Å²) in [6, 6.07) is 7.30. The number of carbonyl (C=O) groups excluding carboxylic acids is 1. The molecule has 1 aromatic carbocycles. The number of aromatic nitrogens is 1. The smallest absolute Gasteiger partial charge is 0.250 e. The van der Waals surface area contributed by atoms with Crippen LogP contribution in [0.15, 0.2) is 30.5 Å². The molecule has 0 saturated heterocycles. The van der Waals surface area contributed by atoms with Crippen LogP contribution in [0.25, 0.3) is 10.9 Å². The number of aliphatic hydroxyl groups excluding tert-OH is 1. The van der Waals surface area contributed by atoms with Crippen LogP contribution in [-0.4, -0.2) is 22.2 Å². The Morgan fingerprint density at radius 2 is 2.20 bits per heavy atom. The first kappa shape index (κ1) is 9.73. The van der Waals surface area contributed by atoms with Gasteiger partial charge in [-0.05, 0) is 12.1 Å². The maximum atomic E-state index is 11.2. The van der Waals surface area contributed by atoms with Crippen molar-refractivity contribution in [3.05, 3.63) is 36.0 Å². The third kappa shape index (κ3) is 1.59. The number of primary amides is 1. The first-order valence-corrected chi connectivity index (χ1v) is 4.72. The van der Waals surface area contributed by atoms with Crippen molar-refractivity contribution in [2.75, 3.05) is 6.61 Å². The van der Waals surface area contributed by atoms with E-state index >= 15 is 0 Å². The molecule has 1 aromatic heterocycles. The molecule has 3 N–H and O–H groups in total. The normalized spacial score (nSPS) is 10.7. The maximum Gasteiger partial charge on any atom is 0.250 e. The summed E-state index contributed by atoms with van der Waals surface area (Å²) in [5.41, 5.74) is 6.57. The highest BCUT2D eigenvalue weighted by Crippen LogP contribution is 2.19. The Morgan fingerprint density at radius 1 is 1.40 bits per heavy atom. The zero-order chi connectivity index (χ0) is 10.8. The number of carbonyl (C=O) groups is 1. The van der Waals surface area contributed by atoms with Crippen LogP contribution in [0.2, 0.25) is 0 Å². The summed E-state index contributed by atoms with van der Waals surface area (Å²) in [6.45, 7) is 0.505. The van der Waals surface area contributed by atoms with Crippen molar-refractivity contribution >= 4 is 16.8 Å². The summed E-state index contributed by atoms with van der Waals surface area (Å²) in [6.07, 6.45) is 1.84. The van der Waals surface area contributed by atoms with Crippen LogP contribution in [0, 0.1) is 0 Å². The first-order chi connectivity index (χ1) is 7.24. The summed E-state index contributed by atoms with van der Waals surface area (Å²) >= 11 is 0. The number of fused-ring (bicyclic) bond motifs is 1. The Bertz CT molecular complexity index is 502. The van der Waals surface area contributed by atoms with E-state index in [9.17, 15) is 4.79 Å². The third-order valence-electron chi connectivity index (χ3n) is 2.39. The average Bonchev–Trinajstić information content (AvgIpc) is 2.62. The van der Waals surface area contributed by atoms with Crippen molar-refractivity contribution in [2.24, 2.45) is 5.73 Å². The van der Waals surface area contributed by atoms with Crippen LogP contribution in [-0.2, 0) is 6.54 Å². The summed E-state index contributed by atoms with van der Waals surface area (Å²) < 4.78 is 1.83. The van der Waals surface area contributed by atoms with E-state index in [1.54, 1.807) is 12.1 Å². The fraction of sp³-hybridized carbons (Fsp3) is 0.182. The van der Waals surface area contributed by atoms with Crippen LogP contribution >= 0.6 is 0 Å². The highest BCUT2D eigenvalue weighted by Gasteiger charge is 2.09. The molecule has 0 aliphatic carbocycles. The van der Waals surface area contributed by atoms with Gasteiger partial charge in [0.15, 0.2) is 0 Å². The molecule has 0 aliphatic heterocycles. The van der Waals surface area contributed by atoms with Crippen molar-refractivity contribution < 1.29 is 9.90 Å². The van der Waals surface area contributed by atoms with Gasteiger partial charge in [0.2, 0.25) is 0 Å². The molecule has 1 amide bonds. The van der Waals surface area contributed by atoms with E-state index in [1.807, 2.05) is 22.9 Å². The predicted octanol–water partition coefficient (Wildman–Crippen LogP) is 0.732. The molecular formula is C11H12N2O2. The predicted molar refractivity (Wildman–Crippen MR) is 57.5 cm³/mol. The van der Waals surface area contributed by atoms with Crippen LogP contribution in [0.5, 0.6) is 0 Å². The summed E-state index contributed by atoms with van der Waals surface area (Å²) in [4.78, 5) is 11.2. The number of nitrogens with two attached hydrogens (primary N) is 1. The van der Waals surface area contributed by atoms with E-state index in [-0.39, 0.29) is 6.61 Å². The van der Waals surface area contributed by atoms with E-state index in [0.717, 1.165) is 10.9 Å². The van der Waals surface area contributed by atoms with Crippen molar-refractivity contribution in [3.8, 4) is 0 Å². The second-order valence-corrected chi connectivity index (χ2v) is 3.34. The number of hydrogen-bond donors (Lipinski definition) is 2. The van der Waals surface area contributed by atoms with Gasteiger partial charge in [0.05, 0.1) is 17.7 Å². The Morgan fingerprint density at radius 3 is 2.87 bits per heavy atom. The lowest BCUT2D eigenvalue weighted by Crippen LogP contribution is -2.13. The van der Waals surface area contributed by atoms with Gasteiger partial charge in [-0.1, -0.05) is 12.1 Å². The topological polar surface area (TPSA) is 68.2 Å². The summed E-state index contributed by atoms with van der Waals surface area (Å²) in [5.74, 6) is -0.446. The van der Waals surface area contributed by atoms with Crippen molar-refractivity contribution in [2.45, 2.75) is 6.54 Å². The number of para-hydroxylation sites is 1. The molecular weight excluding hydrogens is 192 g/mol.